The van der Waals surface area contributed by atoms with Crippen molar-refractivity contribution in [1.82, 2.24) is 19.7 Å². The van der Waals surface area contributed by atoms with Gasteiger partial charge < -0.3 is 10.9 Å². The zero-order chi connectivity index (χ0) is 14.7. The summed E-state index contributed by atoms with van der Waals surface area (Å²) in [4.78, 5) is 15.8. The largest absolute Gasteiger partial charge is 0.409 e. The van der Waals surface area contributed by atoms with Gasteiger partial charge in [0.05, 0.1) is 5.56 Å². The number of pyridine rings is 1. The molecule has 0 spiro atoms. The van der Waals surface area contributed by atoms with Crippen molar-refractivity contribution in [2.24, 2.45) is 10.9 Å². The molecule has 0 saturated carbocycles. The van der Waals surface area contributed by atoms with E-state index in [0.29, 0.717) is 15.7 Å². The van der Waals surface area contributed by atoms with Gasteiger partial charge in [0.15, 0.2) is 11.0 Å². The summed E-state index contributed by atoms with van der Waals surface area (Å²) in [6.45, 7) is 3.76. The maximum atomic E-state index is 11.7. The number of hydrogen-bond acceptors (Lipinski definition) is 6. The Morgan fingerprint density at radius 1 is 1.60 bits per heavy atom. The second-order valence-corrected chi connectivity index (χ2v) is 5.17. The molecule has 4 N–H and O–H groups in total. The molecule has 2 aromatic rings. The lowest BCUT2D eigenvalue weighted by Crippen LogP contribution is -2.19. The second-order valence-electron chi connectivity index (χ2n) is 4.22. The minimum absolute atomic E-state index is 0.0419. The van der Waals surface area contributed by atoms with Crippen LogP contribution in [-0.2, 0) is 0 Å². The van der Waals surface area contributed by atoms with Gasteiger partial charge in [-0.15, -0.1) is 5.10 Å². The molecule has 0 unspecified atom stereocenters. The number of hydrogen-bond donors (Lipinski definition) is 3. The number of nitrogens with zero attached hydrogens (tertiary/aromatic N) is 4. The maximum absolute atomic E-state index is 11.7. The van der Waals surface area contributed by atoms with Gasteiger partial charge in [-0.05, 0) is 37.7 Å². The van der Waals surface area contributed by atoms with E-state index in [1.54, 1.807) is 18.3 Å². The van der Waals surface area contributed by atoms with E-state index in [-0.39, 0.29) is 17.6 Å². The molecule has 2 rings (SSSR count). The van der Waals surface area contributed by atoms with Gasteiger partial charge >= 0.3 is 5.69 Å². The molecule has 2 heterocycles. The predicted molar refractivity (Wildman–Crippen MR) is 74.1 cm³/mol. The van der Waals surface area contributed by atoms with Crippen LogP contribution in [0.15, 0.2) is 38.5 Å². The molecule has 0 aromatic carbocycles. The highest BCUT2D eigenvalue weighted by Gasteiger charge is 2.16. The molecule has 0 bridgehead atoms. The zero-order valence-corrected chi connectivity index (χ0v) is 11.8. The summed E-state index contributed by atoms with van der Waals surface area (Å²) in [6, 6.07) is 3.31. The van der Waals surface area contributed by atoms with Gasteiger partial charge in [-0.2, -0.15) is 0 Å². The summed E-state index contributed by atoms with van der Waals surface area (Å²) in [6.07, 6.45) is 1.58. The van der Waals surface area contributed by atoms with Gasteiger partial charge in [-0.3, -0.25) is 4.57 Å². The Bertz CT molecular complexity index is 690. The molecule has 2 aromatic heterocycles. The van der Waals surface area contributed by atoms with Crippen molar-refractivity contribution in [2.75, 3.05) is 0 Å². The van der Waals surface area contributed by atoms with E-state index in [0.717, 1.165) is 0 Å². The second kappa shape index (κ2) is 5.78. The number of oxime groups is 1. The first-order valence-electron chi connectivity index (χ1n) is 5.82. The van der Waals surface area contributed by atoms with Crippen molar-refractivity contribution >= 4 is 17.6 Å². The quantitative estimate of drug-likeness (QED) is 0.332. The van der Waals surface area contributed by atoms with Crippen molar-refractivity contribution in [3.05, 3.63) is 34.4 Å². The summed E-state index contributed by atoms with van der Waals surface area (Å²) in [5, 5.41) is 19.1. The highest BCUT2D eigenvalue weighted by Crippen LogP contribution is 2.27. The average molecular weight is 294 g/mol. The van der Waals surface area contributed by atoms with Gasteiger partial charge in [0.1, 0.15) is 5.03 Å². The van der Waals surface area contributed by atoms with Crippen LogP contribution in [0.5, 0.6) is 0 Å². The van der Waals surface area contributed by atoms with Crippen LogP contribution in [-0.4, -0.2) is 30.8 Å². The highest BCUT2D eigenvalue weighted by atomic mass is 32.2. The normalized spacial score (nSPS) is 12.1. The zero-order valence-electron chi connectivity index (χ0n) is 10.9. The molecular weight excluding hydrogens is 280 g/mol. The van der Waals surface area contributed by atoms with Crippen molar-refractivity contribution < 1.29 is 5.21 Å². The Balaban J connectivity index is 2.44. The summed E-state index contributed by atoms with van der Waals surface area (Å²) in [7, 11) is 0. The minimum Gasteiger partial charge on any atom is -0.409 e. The van der Waals surface area contributed by atoms with E-state index < -0.39 is 0 Å². The highest BCUT2D eigenvalue weighted by molar-refractivity contribution is 7.99. The molecule has 106 valence electrons. The van der Waals surface area contributed by atoms with Crippen molar-refractivity contribution in [3.63, 3.8) is 0 Å². The van der Waals surface area contributed by atoms with Crippen LogP contribution < -0.4 is 11.4 Å². The lowest BCUT2D eigenvalue weighted by Gasteiger charge is -2.09. The van der Waals surface area contributed by atoms with E-state index in [2.05, 4.69) is 20.3 Å². The first-order valence-corrected chi connectivity index (χ1v) is 6.64. The van der Waals surface area contributed by atoms with Gasteiger partial charge in [0.2, 0.25) is 0 Å². The van der Waals surface area contributed by atoms with E-state index in [4.69, 9.17) is 10.9 Å². The third kappa shape index (κ3) is 2.67. The number of rotatable bonds is 4. The van der Waals surface area contributed by atoms with Crippen LogP contribution in [0.3, 0.4) is 0 Å². The fourth-order valence-electron chi connectivity index (χ4n) is 1.63. The van der Waals surface area contributed by atoms with Crippen molar-refractivity contribution in [1.29, 1.82) is 0 Å². The van der Waals surface area contributed by atoms with Gasteiger partial charge in [-0.1, -0.05) is 5.16 Å². The Hall–Kier alpha value is -2.29. The number of amidine groups is 1. The van der Waals surface area contributed by atoms with Crippen LogP contribution in [0.25, 0.3) is 0 Å². The lowest BCUT2D eigenvalue weighted by molar-refractivity contribution is 0.318. The summed E-state index contributed by atoms with van der Waals surface area (Å²) < 4.78 is 1.51. The molecule has 0 aliphatic carbocycles. The number of aromatic amines is 1. The standard InChI is InChI=1S/C11H14N6O2S/c1-6(2)17-10(18)14-15-11(17)20-9-7(8(12)16-19)4-3-5-13-9/h3-6,19H,1-2H3,(H2,12,16)(H,14,18). The average Bonchev–Trinajstić information content (AvgIpc) is 2.79. The molecule has 0 atom stereocenters. The van der Waals surface area contributed by atoms with E-state index in [1.807, 2.05) is 13.8 Å². The molecule has 0 aliphatic rings. The van der Waals surface area contributed by atoms with Crippen LogP contribution in [0, 0.1) is 0 Å². The molecule has 9 heteroatoms. The van der Waals surface area contributed by atoms with E-state index in [9.17, 15) is 4.79 Å². The Labute approximate surface area is 118 Å². The van der Waals surface area contributed by atoms with Gasteiger partial charge in [-0.25, -0.2) is 14.9 Å². The van der Waals surface area contributed by atoms with Gasteiger partial charge in [0.25, 0.3) is 0 Å². The monoisotopic (exact) mass is 294 g/mol. The summed E-state index contributed by atoms with van der Waals surface area (Å²) in [5.41, 5.74) is 5.79. The molecule has 0 amide bonds. The predicted octanol–water partition coefficient (Wildman–Crippen LogP) is 0.793. The third-order valence-corrected chi connectivity index (χ3v) is 3.52. The maximum Gasteiger partial charge on any atom is 0.344 e. The fourth-order valence-corrected chi connectivity index (χ4v) is 2.68. The third-order valence-electron chi connectivity index (χ3n) is 2.53. The first-order chi connectivity index (χ1) is 9.54. The number of aromatic nitrogens is 4. The van der Waals surface area contributed by atoms with E-state index in [1.165, 1.54) is 16.3 Å². The number of H-pyrrole nitrogens is 1. The Kier molecular flexibility index (Phi) is 4.08. The molecule has 0 radical (unpaired) electrons. The summed E-state index contributed by atoms with van der Waals surface area (Å²) in [5.74, 6) is -0.0467. The fraction of sp³-hybridized carbons (Fsp3) is 0.273. The van der Waals surface area contributed by atoms with Gasteiger partial charge in [0, 0.05) is 12.2 Å². The molecular formula is C11H14N6O2S. The van der Waals surface area contributed by atoms with Crippen molar-refractivity contribution in [2.45, 2.75) is 30.1 Å². The smallest absolute Gasteiger partial charge is 0.344 e. The molecule has 0 fully saturated rings. The molecule has 8 nitrogen and oxygen atoms in total. The van der Waals surface area contributed by atoms with Crippen molar-refractivity contribution in [3.8, 4) is 0 Å². The number of nitrogens with one attached hydrogen (secondary N) is 1. The Morgan fingerprint density at radius 3 is 3.00 bits per heavy atom. The van der Waals surface area contributed by atoms with Crippen LogP contribution in [0.4, 0.5) is 0 Å². The molecule has 0 saturated heterocycles. The van der Waals surface area contributed by atoms with Crippen LogP contribution >= 0.6 is 11.8 Å². The molecule has 0 aliphatic heterocycles. The number of nitrogens with two attached hydrogens (primary N) is 1. The minimum atomic E-state index is -0.288. The lowest BCUT2D eigenvalue weighted by atomic mass is 10.3. The SMILES string of the molecule is CC(C)n1c(Sc2ncccc2C(N)=NO)n[nH]c1=O. The van der Waals surface area contributed by atoms with Crippen LogP contribution in [0.1, 0.15) is 25.5 Å². The molecule has 20 heavy (non-hydrogen) atoms. The van der Waals surface area contributed by atoms with E-state index >= 15 is 0 Å². The topological polar surface area (TPSA) is 122 Å². The first kappa shape index (κ1) is 14.1. The Morgan fingerprint density at radius 2 is 2.35 bits per heavy atom. The van der Waals surface area contributed by atoms with Crippen LogP contribution in [0.2, 0.25) is 0 Å². The summed E-state index contributed by atoms with van der Waals surface area (Å²) >= 11 is 1.17.